The van der Waals surface area contributed by atoms with Crippen molar-refractivity contribution in [1.29, 1.82) is 5.41 Å². The van der Waals surface area contributed by atoms with Gasteiger partial charge in [0.25, 0.3) is 5.91 Å². The number of carbonyl (C=O) groups is 1. The fraction of sp³-hybridized carbons (Fsp3) is 0.323. The van der Waals surface area contributed by atoms with Gasteiger partial charge < -0.3 is 39.8 Å². The first-order valence-electron chi connectivity index (χ1n) is 14.2. The normalized spacial score (nSPS) is 17.0. The Balaban J connectivity index is 1.09. The average molecular weight is 601 g/mol. The number of amidine groups is 1. The van der Waals surface area contributed by atoms with Crippen molar-refractivity contribution >= 4 is 46.8 Å². The average Bonchev–Trinajstić information content (AvgIpc) is 3.46. The molecule has 6 rings (SSSR count). The topological polar surface area (TPSA) is 122 Å². The molecule has 1 fully saturated rings. The molecular formula is C31H36N8O3S. The summed E-state index contributed by atoms with van der Waals surface area (Å²) >= 11 is 4.63. The van der Waals surface area contributed by atoms with Crippen LogP contribution in [0.3, 0.4) is 0 Å². The van der Waals surface area contributed by atoms with Crippen molar-refractivity contribution in [3.63, 3.8) is 0 Å². The number of carbonyl (C=O) groups excluding carboxylic acids is 1. The molecular weight excluding hydrogens is 564 g/mol. The van der Waals surface area contributed by atoms with Crippen molar-refractivity contribution in [2.24, 2.45) is 0 Å². The minimum atomic E-state index is -0.438. The fourth-order valence-electron chi connectivity index (χ4n) is 5.52. The van der Waals surface area contributed by atoms with E-state index in [4.69, 9.17) is 19.9 Å². The predicted molar refractivity (Wildman–Crippen MR) is 173 cm³/mol. The number of methoxy groups -OCH3 is 2. The molecule has 12 heteroatoms. The molecule has 0 bridgehead atoms. The molecule has 1 unspecified atom stereocenters. The van der Waals surface area contributed by atoms with Gasteiger partial charge in [-0.2, -0.15) is 0 Å². The van der Waals surface area contributed by atoms with Crippen LogP contribution in [0.1, 0.15) is 16.1 Å². The highest BCUT2D eigenvalue weighted by molar-refractivity contribution is 7.81. The molecule has 1 amide bonds. The lowest BCUT2D eigenvalue weighted by molar-refractivity contribution is 0.0947. The van der Waals surface area contributed by atoms with Crippen molar-refractivity contribution in [2.45, 2.75) is 5.50 Å². The number of aromatic amines is 1. The van der Waals surface area contributed by atoms with E-state index in [0.29, 0.717) is 35.8 Å². The second kappa shape index (κ2) is 12.1. The molecule has 0 saturated carbocycles. The fourth-order valence-corrected chi connectivity index (χ4v) is 5.89. The molecule has 2 aliphatic heterocycles. The number of hydrogen-bond acceptors (Lipinski definition) is 9. The van der Waals surface area contributed by atoms with Crippen LogP contribution in [-0.4, -0.2) is 97.5 Å². The van der Waals surface area contributed by atoms with Crippen LogP contribution in [0.2, 0.25) is 0 Å². The lowest BCUT2D eigenvalue weighted by atomic mass is 10.1. The minimum Gasteiger partial charge on any atom is -0.493 e. The molecule has 4 heterocycles. The van der Waals surface area contributed by atoms with E-state index in [-0.39, 0.29) is 11.7 Å². The predicted octanol–water partition coefficient (Wildman–Crippen LogP) is 3.70. The van der Waals surface area contributed by atoms with Crippen molar-refractivity contribution in [3.05, 3.63) is 66.0 Å². The highest BCUT2D eigenvalue weighted by Crippen LogP contribution is 2.37. The molecule has 43 heavy (non-hydrogen) atoms. The summed E-state index contributed by atoms with van der Waals surface area (Å²) in [5.74, 6) is 2.19. The smallest absolute Gasteiger partial charge is 0.267 e. The van der Waals surface area contributed by atoms with Crippen molar-refractivity contribution in [3.8, 4) is 22.6 Å². The van der Waals surface area contributed by atoms with Crippen LogP contribution in [0.5, 0.6) is 11.5 Å². The molecule has 1 saturated heterocycles. The van der Waals surface area contributed by atoms with Gasteiger partial charge in [-0.3, -0.25) is 10.2 Å². The van der Waals surface area contributed by atoms with Gasteiger partial charge in [0.2, 0.25) is 0 Å². The van der Waals surface area contributed by atoms with E-state index in [1.54, 1.807) is 31.3 Å². The van der Waals surface area contributed by atoms with Gasteiger partial charge in [0.1, 0.15) is 22.8 Å². The molecule has 0 radical (unpaired) electrons. The van der Waals surface area contributed by atoms with Gasteiger partial charge in [-0.15, -0.1) is 12.6 Å². The van der Waals surface area contributed by atoms with Crippen LogP contribution in [0, 0.1) is 5.41 Å². The van der Waals surface area contributed by atoms with Crippen LogP contribution in [0.4, 0.5) is 11.5 Å². The molecule has 4 N–H and O–H groups in total. The summed E-state index contributed by atoms with van der Waals surface area (Å²) in [6, 6.07) is 15.7. The number of hydrogen-bond donors (Lipinski definition) is 5. The lowest BCUT2D eigenvalue weighted by Crippen LogP contribution is -2.48. The third-order valence-corrected chi connectivity index (χ3v) is 8.47. The summed E-state index contributed by atoms with van der Waals surface area (Å²) in [5.41, 5.74) is 4.41. The van der Waals surface area contributed by atoms with Gasteiger partial charge in [-0.25, -0.2) is 4.98 Å². The number of likely N-dealkylation sites (N-methyl/N-ethyl adjacent to an activating group) is 1. The third kappa shape index (κ3) is 5.80. The largest absolute Gasteiger partial charge is 0.493 e. The molecule has 2 aliphatic rings. The number of rotatable bonds is 8. The summed E-state index contributed by atoms with van der Waals surface area (Å²) in [4.78, 5) is 27.4. The first kappa shape index (κ1) is 28.7. The Kier molecular flexibility index (Phi) is 8.04. The van der Waals surface area contributed by atoms with Crippen LogP contribution in [0.15, 0.2) is 54.7 Å². The highest BCUT2D eigenvalue weighted by Gasteiger charge is 2.29. The summed E-state index contributed by atoms with van der Waals surface area (Å²) in [7, 11) is 5.28. The van der Waals surface area contributed by atoms with Crippen molar-refractivity contribution in [1.82, 2.24) is 25.1 Å². The Morgan fingerprint density at radius 1 is 1.05 bits per heavy atom. The Hall–Kier alpha value is -4.42. The molecule has 224 valence electrons. The van der Waals surface area contributed by atoms with Gasteiger partial charge in [0.05, 0.1) is 19.9 Å². The van der Waals surface area contributed by atoms with E-state index < -0.39 is 5.50 Å². The molecule has 2 aromatic heterocycles. The molecule has 0 spiro atoms. The third-order valence-electron chi connectivity index (χ3n) is 8.06. The zero-order valence-electron chi connectivity index (χ0n) is 24.5. The number of amides is 1. The highest BCUT2D eigenvalue weighted by atomic mass is 32.1. The van der Waals surface area contributed by atoms with E-state index >= 15 is 0 Å². The van der Waals surface area contributed by atoms with Gasteiger partial charge in [-0.1, -0.05) is 6.07 Å². The number of pyridine rings is 1. The zero-order chi connectivity index (χ0) is 30.1. The van der Waals surface area contributed by atoms with E-state index in [1.807, 2.05) is 24.4 Å². The monoisotopic (exact) mass is 600 g/mol. The number of thiol groups is 1. The Morgan fingerprint density at radius 2 is 1.79 bits per heavy atom. The quantitative estimate of drug-likeness (QED) is 0.194. The molecule has 11 nitrogen and oxygen atoms in total. The summed E-state index contributed by atoms with van der Waals surface area (Å²) in [6.45, 7) is 4.76. The van der Waals surface area contributed by atoms with Crippen LogP contribution in [-0.2, 0) is 0 Å². The maximum absolute atomic E-state index is 13.0. The molecule has 1 atom stereocenters. The summed E-state index contributed by atoms with van der Waals surface area (Å²) in [6.07, 6.45) is 1.92. The number of aromatic nitrogens is 2. The molecule has 0 aliphatic carbocycles. The first-order valence-corrected chi connectivity index (χ1v) is 14.7. The van der Waals surface area contributed by atoms with Gasteiger partial charge >= 0.3 is 0 Å². The maximum Gasteiger partial charge on any atom is 0.267 e. The number of nitrogens with zero attached hydrogens (tertiary/aromatic N) is 4. The maximum atomic E-state index is 13.0. The van der Waals surface area contributed by atoms with Crippen LogP contribution >= 0.6 is 12.6 Å². The Morgan fingerprint density at radius 3 is 2.51 bits per heavy atom. The van der Waals surface area contributed by atoms with E-state index in [0.717, 1.165) is 59.7 Å². The molecule has 2 aromatic carbocycles. The second-order valence-electron chi connectivity index (χ2n) is 10.7. The zero-order valence-corrected chi connectivity index (χ0v) is 25.4. The first-order chi connectivity index (χ1) is 20.8. The molecule has 4 aromatic rings. The number of piperazine rings is 1. The minimum absolute atomic E-state index is 0.213. The lowest BCUT2D eigenvalue weighted by Gasteiger charge is -2.37. The number of ether oxygens (including phenoxy) is 2. The number of fused-ring (bicyclic) bond motifs is 2. The van der Waals surface area contributed by atoms with Crippen molar-refractivity contribution in [2.75, 3.05) is 70.8 Å². The SMILES string of the molecule is COc1cc2c(cc1OC)C(=N)N(CCNC(=O)c1cc3cc(-c4ccc(N5CCN(C)CC5)nc4)ccc3[nH]1)C(S)N2. The second-order valence-corrected chi connectivity index (χ2v) is 11.2. The summed E-state index contributed by atoms with van der Waals surface area (Å²) < 4.78 is 10.8. The van der Waals surface area contributed by atoms with Gasteiger partial charge in [0.15, 0.2) is 11.5 Å². The Bertz CT molecular complexity index is 1650. The van der Waals surface area contributed by atoms with E-state index in [1.165, 1.54) is 0 Å². The number of nitrogens with one attached hydrogen (secondary N) is 4. The Labute approximate surface area is 256 Å². The number of anilines is 2. The standard InChI is InChI=1S/C31H36N8O3S/c1-37-10-12-38(13-11-37)28-7-5-20(18-34-28)19-4-6-23-21(14-19)15-25(35-23)30(40)33-8-9-39-29(32)22-16-26(41-2)27(42-3)17-24(22)36-31(39)43/h4-7,14-18,31-32,35-36,43H,8-13H2,1-3H3,(H,33,40). The van der Waals surface area contributed by atoms with Crippen molar-refractivity contribution < 1.29 is 14.3 Å². The summed E-state index contributed by atoms with van der Waals surface area (Å²) in [5, 5.41) is 16.0. The van der Waals surface area contributed by atoms with Gasteiger partial charge in [0, 0.05) is 73.6 Å². The van der Waals surface area contributed by atoms with E-state index in [2.05, 4.69) is 63.3 Å². The van der Waals surface area contributed by atoms with Gasteiger partial charge in [-0.05, 0) is 49.0 Å². The van der Waals surface area contributed by atoms with Crippen LogP contribution in [0.25, 0.3) is 22.0 Å². The van der Waals surface area contributed by atoms with Crippen LogP contribution < -0.4 is 25.0 Å². The number of benzene rings is 2. The van der Waals surface area contributed by atoms with E-state index in [9.17, 15) is 4.79 Å². The number of H-pyrrole nitrogens is 1.